The number of nitrogens with one attached hydrogen (secondary N) is 2. The van der Waals surface area contributed by atoms with Crippen molar-refractivity contribution in [2.45, 2.75) is 13.5 Å². The zero-order chi connectivity index (χ0) is 17.2. The van der Waals surface area contributed by atoms with Gasteiger partial charge in [0, 0.05) is 6.54 Å². The van der Waals surface area contributed by atoms with E-state index >= 15 is 0 Å². The van der Waals surface area contributed by atoms with Crippen LogP contribution in [-0.2, 0) is 16.6 Å². The van der Waals surface area contributed by atoms with Gasteiger partial charge in [0.15, 0.2) is 5.82 Å². The van der Waals surface area contributed by atoms with Gasteiger partial charge in [-0.3, -0.25) is 4.72 Å². The minimum Gasteiger partial charge on any atom is -0.319 e. The highest BCUT2D eigenvalue weighted by atomic mass is 32.2. The molecule has 0 unspecified atom stereocenters. The molecule has 0 saturated carbocycles. The van der Waals surface area contributed by atoms with E-state index in [4.69, 9.17) is 5.41 Å². The maximum Gasteiger partial charge on any atom is 0.232 e. The molecule has 0 aliphatic heterocycles. The van der Waals surface area contributed by atoms with Gasteiger partial charge in [-0.15, -0.1) is 0 Å². The lowest BCUT2D eigenvalue weighted by molar-refractivity contribution is 0.602. The molecule has 0 atom stereocenters. The van der Waals surface area contributed by atoms with E-state index in [1.54, 1.807) is 19.1 Å². The number of anilines is 1. The Balaban J connectivity index is 2.11. The summed E-state index contributed by atoms with van der Waals surface area (Å²) < 4.78 is 28.2. The van der Waals surface area contributed by atoms with E-state index in [-0.39, 0.29) is 5.75 Å². The van der Waals surface area contributed by atoms with Crippen molar-refractivity contribution in [3.8, 4) is 0 Å². The molecule has 0 spiro atoms. The zero-order valence-electron chi connectivity index (χ0n) is 13.2. The van der Waals surface area contributed by atoms with Gasteiger partial charge in [-0.05, 0) is 24.6 Å². The second kappa shape index (κ2) is 6.45. The second-order valence-electron chi connectivity index (χ2n) is 5.36. The topological polar surface area (TPSA) is 87.8 Å². The predicted octanol–water partition coefficient (Wildman–Crippen LogP) is 2.84. The summed E-state index contributed by atoms with van der Waals surface area (Å²) in [4.78, 5) is 4.44. The zero-order valence-corrected chi connectivity index (χ0v) is 14.0. The van der Waals surface area contributed by atoms with Crippen molar-refractivity contribution in [3.63, 3.8) is 0 Å². The maximum atomic E-state index is 11.9. The highest BCUT2D eigenvalue weighted by molar-refractivity contribution is 7.92. The quantitative estimate of drug-likeness (QED) is 0.675. The average molecular weight is 342 g/mol. The van der Waals surface area contributed by atoms with Gasteiger partial charge < -0.3 is 9.98 Å². The van der Waals surface area contributed by atoms with Crippen LogP contribution in [-0.4, -0.2) is 29.9 Å². The third kappa shape index (κ3) is 3.16. The standard InChI is InChI=1S/C17H18N4O2S/c1-2-24(22,23)20-14-9-6-10-15-17(14)19-16(11-18)21(15)12-13-7-4-3-5-8-13/h3-11,18,20H,2,12H2,1H3. The molecule has 124 valence electrons. The number of imidazole rings is 1. The Morgan fingerprint density at radius 3 is 2.58 bits per heavy atom. The molecule has 2 aromatic carbocycles. The van der Waals surface area contributed by atoms with E-state index in [0.717, 1.165) is 11.1 Å². The Morgan fingerprint density at radius 1 is 1.17 bits per heavy atom. The van der Waals surface area contributed by atoms with E-state index in [1.807, 2.05) is 41.0 Å². The molecule has 0 radical (unpaired) electrons. The van der Waals surface area contributed by atoms with Crippen molar-refractivity contribution in [3.05, 3.63) is 59.9 Å². The fourth-order valence-corrected chi connectivity index (χ4v) is 3.17. The number of hydrogen-bond donors (Lipinski definition) is 2. The van der Waals surface area contributed by atoms with E-state index in [1.165, 1.54) is 6.21 Å². The lowest BCUT2D eigenvalue weighted by Crippen LogP contribution is -2.14. The number of nitrogens with zero attached hydrogens (tertiary/aromatic N) is 2. The molecule has 0 aliphatic rings. The summed E-state index contributed by atoms with van der Waals surface area (Å²) >= 11 is 0. The Hall–Kier alpha value is -2.67. The minimum atomic E-state index is -3.39. The maximum absolute atomic E-state index is 11.9. The molecule has 3 aromatic rings. The number of sulfonamides is 1. The van der Waals surface area contributed by atoms with Crippen LogP contribution in [0, 0.1) is 5.41 Å². The fraction of sp³-hybridized carbons (Fsp3) is 0.176. The first-order valence-electron chi connectivity index (χ1n) is 7.58. The molecule has 1 aromatic heterocycles. The number of para-hydroxylation sites is 1. The van der Waals surface area contributed by atoms with Gasteiger partial charge in [0.1, 0.15) is 5.52 Å². The van der Waals surface area contributed by atoms with Gasteiger partial charge in [-0.25, -0.2) is 13.4 Å². The van der Waals surface area contributed by atoms with Gasteiger partial charge in [0.2, 0.25) is 10.0 Å². The van der Waals surface area contributed by atoms with Gasteiger partial charge >= 0.3 is 0 Å². The van der Waals surface area contributed by atoms with Crippen LogP contribution < -0.4 is 4.72 Å². The summed E-state index contributed by atoms with van der Waals surface area (Å²) in [7, 11) is -3.39. The Kier molecular flexibility index (Phi) is 4.35. The van der Waals surface area contributed by atoms with Gasteiger partial charge in [-0.1, -0.05) is 36.4 Å². The Morgan fingerprint density at radius 2 is 1.92 bits per heavy atom. The van der Waals surface area contributed by atoms with Crippen molar-refractivity contribution in [2.75, 3.05) is 10.5 Å². The van der Waals surface area contributed by atoms with Crippen LogP contribution in [0.25, 0.3) is 11.0 Å². The van der Waals surface area contributed by atoms with Crippen LogP contribution in [0.15, 0.2) is 48.5 Å². The largest absolute Gasteiger partial charge is 0.319 e. The van der Waals surface area contributed by atoms with E-state index in [2.05, 4.69) is 9.71 Å². The third-order valence-corrected chi connectivity index (χ3v) is 5.06. The Bertz CT molecular complexity index is 978. The SMILES string of the molecule is CCS(=O)(=O)Nc1cccc2c1nc(C=N)n2Cc1ccccc1. The number of hydrogen-bond acceptors (Lipinski definition) is 4. The van der Waals surface area contributed by atoms with E-state index in [0.29, 0.717) is 23.6 Å². The first-order chi connectivity index (χ1) is 11.5. The van der Waals surface area contributed by atoms with Crippen molar-refractivity contribution in [1.82, 2.24) is 9.55 Å². The first kappa shape index (κ1) is 16.2. The summed E-state index contributed by atoms with van der Waals surface area (Å²) in [6.45, 7) is 2.14. The summed E-state index contributed by atoms with van der Waals surface area (Å²) in [5, 5.41) is 7.62. The van der Waals surface area contributed by atoms with E-state index < -0.39 is 10.0 Å². The molecule has 0 fully saturated rings. The minimum absolute atomic E-state index is 0.00839. The van der Waals surface area contributed by atoms with Crippen LogP contribution >= 0.6 is 0 Å². The van der Waals surface area contributed by atoms with Gasteiger partial charge in [0.25, 0.3) is 0 Å². The molecule has 7 heteroatoms. The molecule has 0 bridgehead atoms. The third-order valence-electron chi connectivity index (χ3n) is 3.77. The lowest BCUT2D eigenvalue weighted by Gasteiger charge is -2.08. The Labute approximate surface area is 140 Å². The first-order valence-corrected chi connectivity index (χ1v) is 9.23. The normalized spacial score (nSPS) is 11.5. The van der Waals surface area contributed by atoms with Crippen LogP contribution in [0.4, 0.5) is 5.69 Å². The smallest absolute Gasteiger partial charge is 0.232 e. The molecule has 0 aliphatic carbocycles. The number of benzene rings is 2. The van der Waals surface area contributed by atoms with Gasteiger partial charge in [-0.2, -0.15) is 0 Å². The van der Waals surface area contributed by atoms with Crippen molar-refractivity contribution >= 4 is 33.0 Å². The summed E-state index contributed by atoms with van der Waals surface area (Å²) in [5.41, 5.74) is 2.85. The molecule has 3 rings (SSSR count). The average Bonchev–Trinajstić information content (AvgIpc) is 2.95. The van der Waals surface area contributed by atoms with Crippen molar-refractivity contribution in [1.29, 1.82) is 5.41 Å². The number of rotatable bonds is 6. The van der Waals surface area contributed by atoms with Crippen LogP contribution in [0.3, 0.4) is 0 Å². The van der Waals surface area contributed by atoms with Crippen molar-refractivity contribution < 1.29 is 8.42 Å². The molecule has 2 N–H and O–H groups in total. The number of fused-ring (bicyclic) bond motifs is 1. The molecular formula is C17H18N4O2S. The fourth-order valence-electron chi connectivity index (χ4n) is 2.53. The van der Waals surface area contributed by atoms with Crippen molar-refractivity contribution in [2.24, 2.45) is 0 Å². The van der Waals surface area contributed by atoms with Crippen LogP contribution in [0.5, 0.6) is 0 Å². The molecule has 6 nitrogen and oxygen atoms in total. The molecular weight excluding hydrogens is 324 g/mol. The predicted molar refractivity (Wildman–Crippen MR) is 96.2 cm³/mol. The lowest BCUT2D eigenvalue weighted by atomic mass is 10.2. The highest BCUT2D eigenvalue weighted by Crippen LogP contribution is 2.25. The monoisotopic (exact) mass is 342 g/mol. The van der Waals surface area contributed by atoms with Crippen LogP contribution in [0.2, 0.25) is 0 Å². The summed E-state index contributed by atoms with van der Waals surface area (Å²) in [6.07, 6.45) is 1.18. The number of aromatic nitrogens is 2. The summed E-state index contributed by atoms with van der Waals surface area (Å²) in [5.74, 6) is 0.475. The van der Waals surface area contributed by atoms with E-state index in [9.17, 15) is 8.42 Å². The highest BCUT2D eigenvalue weighted by Gasteiger charge is 2.15. The summed E-state index contributed by atoms with van der Waals surface area (Å²) in [6, 6.07) is 15.2. The molecule has 0 amide bonds. The molecule has 1 heterocycles. The van der Waals surface area contributed by atoms with Crippen LogP contribution in [0.1, 0.15) is 18.3 Å². The molecule has 24 heavy (non-hydrogen) atoms. The molecule has 0 saturated heterocycles. The van der Waals surface area contributed by atoms with Gasteiger partial charge in [0.05, 0.1) is 23.2 Å². The second-order valence-corrected chi connectivity index (χ2v) is 7.38.